The fraction of sp³-hybridized carbons (Fsp3) is 0.778. The number of nitrogens with zero attached hydrogens (tertiary/aromatic N) is 4. The zero-order valence-electron chi connectivity index (χ0n) is 26.4. The molecule has 4 atom stereocenters. The summed E-state index contributed by atoms with van der Waals surface area (Å²) in [6, 6.07) is 0. The van der Waals surface area contributed by atoms with E-state index < -0.39 is 44.1 Å². The average Bonchev–Trinajstić information content (AvgIpc) is 3.32. The Morgan fingerprint density at radius 3 is 2.12 bits per heavy atom. The summed E-state index contributed by atoms with van der Waals surface area (Å²) in [5.41, 5.74) is 6.36. The number of anilines is 1. The fourth-order valence-electron chi connectivity index (χ4n) is 3.67. The van der Waals surface area contributed by atoms with E-state index in [1.165, 1.54) is 6.33 Å². The molecule has 1 fully saturated rings. The molecule has 0 amide bonds. The number of carbonyl (C=O) groups excluding carboxylic acids is 1. The van der Waals surface area contributed by atoms with Crippen molar-refractivity contribution in [2.24, 2.45) is 5.41 Å². The van der Waals surface area contributed by atoms with Crippen LogP contribution in [-0.2, 0) is 23.1 Å². The van der Waals surface area contributed by atoms with Crippen LogP contribution in [0, 0.1) is 5.41 Å². The Morgan fingerprint density at radius 2 is 1.60 bits per heavy atom. The lowest BCUT2D eigenvalue weighted by molar-refractivity contribution is -0.248. The lowest BCUT2D eigenvalue weighted by Gasteiger charge is -2.42. The average molecular weight is 706 g/mol. The number of ether oxygens (including phenoxy) is 2. The van der Waals surface area contributed by atoms with Crippen LogP contribution >= 0.6 is 22.6 Å². The third-order valence-corrected chi connectivity index (χ3v) is 19.1. The quantitative estimate of drug-likeness (QED) is 0.150. The van der Waals surface area contributed by atoms with E-state index in [4.69, 9.17) is 24.1 Å². The predicted octanol–water partition coefficient (Wildman–Crippen LogP) is 6.44. The minimum atomic E-state index is -2.32. The highest BCUT2D eigenvalue weighted by atomic mass is 127. The lowest BCUT2D eigenvalue weighted by atomic mass is 9.97. The van der Waals surface area contributed by atoms with Crippen molar-refractivity contribution in [1.82, 2.24) is 19.5 Å². The van der Waals surface area contributed by atoms with E-state index in [9.17, 15) is 4.79 Å². The molecule has 2 aromatic heterocycles. The third kappa shape index (κ3) is 6.43. The highest BCUT2D eigenvalue weighted by Crippen LogP contribution is 2.50. The van der Waals surface area contributed by atoms with Gasteiger partial charge in [0.1, 0.15) is 28.5 Å². The zero-order valence-corrected chi connectivity index (χ0v) is 30.5. The van der Waals surface area contributed by atoms with Gasteiger partial charge in [0.15, 0.2) is 34.3 Å². The molecule has 13 heteroatoms. The molecule has 0 aliphatic carbocycles. The number of imidazole rings is 1. The fourth-order valence-corrected chi connectivity index (χ4v) is 7.18. The molecule has 0 saturated carbocycles. The van der Waals surface area contributed by atoms with Crippen LogP contribution in [-0.4, -0.2) is 64.5 Å². The summed E-state index contributed by atoms with van der Waals surface area (Å²) in [5, 5.41) is -0.116. The van der Waals surface area contributed by atoms with E-state index in [1.54, 1.807) is 6.33 Å². The number of carbonyl (C=O) groups is 1. The van der Waals surface area contributed by atoms with Crippen LogP contribution in [0.1, 0.15) is 68.5 Å². The van der Waals surface area contributed by atoms with Gasteiger partial charge < -0.3 is 24.1 Å². The van der Waals surface area contributed by atoms with E-state index in [2.05, 4.69) is 105 Å². The Bertz CT molecular complexity index is 1230. The van der Waals surface area contributed by atoms with Crippen LogP contribution in [0.3, 0.4) is 0 Å². The molecule has 10 nitrogen and oxygen atoms in total. The zero-order chi connectivity index (χ0) is 30.7. The molecule has 3 rings (SSSR count). The molecule has 0 aromatic carbocycles. The van der Waals surface area contributed by atoms with Crippen LogP contribution < -0.4 is 5.73 Å². The Hall–Kier alpha value is -1.14. The number of hydrogen-bond donors (Lipinski definition) is 1. The minimum absolute atomic E-state index is 0.0486. The van der Waals surface area contributed by atoms with E-state index >= 15 is 0 Å². The molecule has 0 radical (unpaired) electrons. The van der Waals surface area contributed by atoms with Gasteiger partial charge in [0.25, 0.3) is 5.79 Å². The van der Waals surface area contributed by atoms with Crippen molar-refractivity contribution in [3.05, 3.63) is 12.7 Å². The Balaban J connectivity index is 2.18. The van der Waals surface area contributed by atoms with Crippen LogP contribution in [0.15, 0.2) is 12.7 Å². The Labute approximate surface area is 254 Å². The monoisotopic (exact) mass is 705 g/mol. The number of rotatable bonds is 7. The van der Waals surface area contributed by atoms with E-state index in [0.29, 0.717) is 11.2 Å². The van der Waals surface area contributed by atoms with Crippen LogP contribution in [0.4, 0.5) is 5.82 Å². The van der Waals surface area contributed by atoms with Crippen LogP contribution in [0.5, 0.6) is 0 Å². The minimum Gasteiger partial charge on any atom is -0.429 e. The largest absolute Gasteiger partial charge is 0.429 e. The molecule has 1 saturated heterocycles. The maximum Gasteiger partial charge on any atom is 0.313 e. The van der Waals surface area contributed by atoms with Gasteiger partial charge in [0.05, 0.1) is 11.7 Å². The number of halogens is 1. The van der Waals surface area contributed by atoms with Gasteiger partial charge in [0.2, 0.25) is 0 Å². The van der Waals surface area contributed by atoms with Gasteiger partial charge in [-0.25, -0.2) is 15.0 Å². The molecule has 0 unspecified atom stereocenters. The number of aromatic nitrogens is 4. The highest BCUT2D eigenvalue weighted by molar-refractivity contribution is 14.1. The van der Waals surface area contributed by atoms with E-state index in [1.807, 2.05) is 25.3 Å². The molecule has 40 heavy (non-hydrogen) atoms. The second-order valence-electron chi connectivity index (χ2n) is 14.8. The number of esters is 1. The normalized spacial score (nSPS) is 25.0. The summed E-state index contributed by atoms with van der Waals surface area (Å²) in [4.78, 5) is 26.5. The number of hydrogen-bond acceptors (Lipinski definition) is 9. The van der Waals surface area contributed by atoms with Gasteiger partial charge in [-0.2, -0.15) is 0 Å². The Kier molecular flexibility index (Phi) is 9.05. The van der Waals surface area contributed by atoms with Crippen LogP contribution in [0.25, 0.3) is 11.2 Å². The highest BCUT2D eigenvalue weighted by Gasteiger charge is 2.61. The number of nitrogens with two attached hydrogens (primary N) is 1. The first-order valence-electron chi connectivity index (χ1n) is 13.7. The van der Waals surface area contributed by atoms with Gasteiger partial charge in [0, 0.05) is 0 Å². The van der Waals surface area contributed by atoms with Crippen molar-refractivity contribution in [2.45, 2.75) is 121 Å². The maximum atomic E-state index is 13.5. The molecule has 1 aliphatic rings. The van der Waals surface area contributed by atoms with Crippen molar-refractivity contribution >= 4 is 62.2 Å². The van der Waals surface area contributed by atoms with Gasteiger partial charge >= 0.3 is 5.97 Å². The van der Waals surface area contributed by atoms with Gasteiger partial charge in [-0.15, -0.1) is 0 Å². The summed E-state index contributed by atoms with van der Waals surface area (Å²) in [6.45, 7) is 27.4. The summed E-state index contributed by atoms with van der Waals surface area (Å²) in [5.74, 6) is -1.50. The number of alkyl halides is 1. The topological polar surface area (TPSA) is 124 Å². The summed E-state index contributed by atoms with van der Waals surface area (Å²) >= 11 is 2.32. The maximum absolute atomic E-state index is 13.5. The standard InChI is InChI=1S/C27H48IN5O5Si2/c1-24(2,3)23(34)37-27(14-35-39(10,11)25(4,5)6)19(28)18(38-40(12,13)26(7,8)9)22(36-27)33-16-32-17-20(29)30-15-31-21(17)33/h15-16,18-19,22H,14H2,1-13H3,(H2,29,30,31)/t18-,19+,22-,27-/m1/s1. The van der Waals surface area contributed by atoms with Crippen molar-refractivity contribution in [3.63, 3.8) is 0 Å². The number of nitrogen functional groups attached to an aromatic ring is 1. The molecule has 2 aromatic rings. The molecule has 3 heterocycles. The summed E-state index contributed by atoms with van der Waals surface area (Å²) in [7, 11) is -4.57. The molecule has 0 spiro atoms. The summed E-state index contributed by atoms with van der Waals surface area (Å²) in [6.07, 6.45) is 1.85. The third-order valence-electron chi connectivity index (χ3n) is 8.53. The SMILES string of the molecule is CC(C)(C)C(=O)O[C@@]1(CO[Si](C)(C)C(C)(C)C)O[C@@H](n2cnc3c(N)ncnc32)[C@H](O[Si](C)(C)C(C)(C)C)[C@@H]1I. The van der Waals surface area contributed by atoms with Crippen molar-refractivity contribution < 1.29 is 23.1 Å². The first-order chi connectivity index (χ1) is 17.9. The number of fused-ring (bicyclic) bond motifs is 1. The molecule has 0 bridgehead atoms. The molecule has 1 aliphatic heterocycles. The van der Waals surface area contributed by atoms with Crippen LogP contribution in [0.2, 0.25) is 36.3 Å². The summed E-state index contributed by atoms with van der Waals surface area (Å²) < 4.78 is 28.4. The molecular weight excluding hydrogens is 657 g/mol. The van der Waals surface area contributed by atoms with Crippen molar-refractivity contribution in [1.29, 1.82) is 0 Å². The van der Waals surface area contributed by atoms with Gasteiger partial charge in [-0.1, -0.05) is 64.1 Å². The van der Waals surface area contributed by atoms with Gasteiger partial charge in [-0.3, -0.25) is 9.36 Å². The van der Waals surface area contributed by atoms with Gasteiger partial charge in [-0.05, 0) is 57.0 Å². The first kappa shape index (κ1) is 33.4. The Morgan fingerprint density at radius 1 is 1.02 bits per heavy atom. The van der Waals surface area contributed by atoms with E-state index in [-0.39, 0.29) is 28.5 Å². The molecular formula is C27H48IN5O5Si2. The second-order valence-corrected chi connectivity index (χ2v) is 25.7. The van der Waals surface area contributed by atoms with E-state index in [0.717, 1.165) is 0 Å². The molecule has 2 N–H and O–H groups in total. The van der Waals surface area contributed by atoms with Crippen molar-refractivity contribution in [2.75, 3.05) is 12.3 Å². The smallest absolute Gasteiger partial charge is 0.313 e. The van der Waals surface area contributed by atoms with Crippen molar-refractivity contribution in [3.8, 4) is 0 Å². The molecule has 226 valence electrons. The lowest BCUT2D eigenvalue weighted by Crippen LogP contribution is -2.54. The second kappa shape index (κ2) is 10.9. The first-order valence-corrected chi connectivity index (χ1v) is 20.8. The predicted molar refractivity (Wildman–Crippen MR) is 171 cm³/mol.